The molecular formula is C23H33F3N4O3S. The van der Waals surface area contributed by atoms with Gasteiger partial charge in [0.2, 0.25) is 5.91 Å². The molecule has 11 heteroatoms. The zero-order chi connectivity index (χ0) is 24.3. The highest BCUT2D eigenvalue weighted by atomic mass is 32.2. The first-order valence-electron chi connectivity index (χ1n) is 12.1. The van der Waals surface area contributed by atoms with Crippen molar-refractivity contribution in [2.75, 3.05) is 57.3 Å². The molecule has 3 fully saturated rings. The van der Waals surface area contributed by atoms with Gasteiger partial charge in [0.05, 0.1) is 11.5 Å². The Labute approximate surface area is 199 Å². The van der Waals surface area contributed by atoms with E-state index in [2.05, 4.69) is 0 Å². The molecule has 0 N–H and O–H groups in total. The minimum absolute atomic E-state index is 0.0561. The summed E-state index contributed by atoms with van der Waals surface area (Å²) in [5, 5.41) is 0. The van der Waals surface area contributed by atoms with Gasteiger partial charge >= 0.3 is 6.18 Å². The number of amides is 1. The summed E-state index contributed by atoms with van der Waals surface area (Å²) in [7, 11) is -3.57. The molecule has 0 bridgehead atoms. The summed E-state index contributed by atoms with van der Waals surface area (Å²) in [4.78, 5) is 16.8. The van der Waals surface area contributed by atoms with Gasteiger partial charge in [0, 0.05) is 58.0 Å². The smallest absolute Gasteiger partial charge is 0.368 e. The maximum atomic E-state index is 13.2. The standard InChI is InChI=1S/C23H33F3N4O3S/c24-23(25,26)20-8-5-9-21(17-20)27-13-15-28(16-14-27)22(31)19-7-6-12-30(18-19)34(32,33)29-10-3-1-2-4-11-29/h5,8-9,17,19H,1-4,6-7,10-16,18H2. The summed E-state index contributed by atoms with van der Waals surface area (Å²) in [5.74, 6) is -0.435. The SMILES string of the molecule is O=C(C1CCCN(S(=O)(=O)N2CCCCCC2)C1)N1CCN(c2cccc(C(F)(F)F)c2)CC1. The Balaban J connectivity index is 1.35. The van der Waals surface area contributed by atoms with Crippen LogP contribution in [-0.2, 0) is 21.2 Å². The summed E-state index contributed by atoms with van der Waals surface area (Å²) >= 11 is 0. The molecule has 1 unspecified atom stereocenters. The molecule has 3 heterocycles. The zero-order valence-electron chi connectivity index (χ0n) is 19.3. The lowest BCUT2D eigenvalue weighted by atomic mass is 9.97. The van der Waals surface area contributed by atoms with Crippen LogP contribution in [0.15, 0.2) is 24.3 Å². The number of nitrogens with zero attached hydrogens (tertiary/aromatic N) is 4. The third-order valence-corrected chi connectivity index (χ3v) is 9.08. The van der Waals surface area contributed by atoms with Crippen LogP contribution in [0, 0.1) is 5.92 Å². The van der Waals surface area contributed by atoms with Crippen LogP contribution in [0.2, 0.25) is 0 Å². The first kappa shape index (κ1) is 25.2. The van der Waals surface area contributed by atoms with Gasteiger partial charge in [-0.2, -0.15) is 30.2 Å². The molecule has 34 heavy (non-hydrogen) atoms. The van der Waals surface area contributed by atoms with Gasteiger partial charge in [-0.05, 0) is 43.9 Å². The van der Waals surface area contributed by atoms with E-state index >= 15 is 0 Å². The van der Waals surface area contributed by atoms with Crippen molar-refractivity contribution >= 4 is 21.8 Å². The number of halogens is 3. The molecule has 3 saturated heterocycles. The Bertz CT molecular complexity index is 956. The van der Waals surface area contributed by atoms with Crippen LogP contribution in [0.1, 0.15) is 44.1 Å². The van der Waals surface area contributed by atoms with Gasteiger partial charge in [-0.3, -0.25) is 4.79 Å². The predicted octanol–water partition coefficient (Wildman–Crippen LogP) is 3.19. The van der Waals surface area contributed by atoms with Crippen molar-refractivity contribution in [2.24, 2.45) is 5.92 Å². The molecule has 190 valence electrons. The largest absolute Gasteiger partial charge is 0.416 e. The number of rotatable bonds is 4. The fourth-order valence-corrected chi connectivity index (χ4v) is 6.89. The minimum Gasteiger partial charge on any atom is -0.368 e. The van der Waals surface area contributed by atoms with Crippen molar-refractivity contribution in [3.8, 4) is 0 Å². The van der Waals surface area contributed by atoms with E-state index in [-0.39, 0.29) is 18.4 Å². The third-order valence-electron chi connectivity index (χ3n) is 7.08. The number of hydrogen-bond acceptors (Lipinski definition) is 4. The molecule has 0 saturated carbocycles. The van der Waals surface area contributed by atoms with Crippen LogP contribution in [0.3, 0.4) is 0 Å². The Morgan fingerprint density at radius 1 is 0.853 bits per heavy atom. The van der Waals surface area contributed by atoms with Crippen molar-refractivity contribution in [2.45, 2.75) is 44.7 Å². The average Bonchev–Trinajstić information content (AvgIpc) is 3.14. The first-order valence-corrected chi connectivity index (χ1v) is 13.5. The summed E-state index contributed by atoms with van der Waals surface area (Å²) in [6.45, 7) is 3.40. The van der Waals surface area contributed by atoms with Gasteiger partial charge in [0.1, 0.15) is 0 Å². The lowest BCUT2D eigenvalue weighted by Crippen LogP contribution is -2.54. The number of benzene rings is 1. The van der Waals surface area contributed by atoms with Gasteiger partial charge in [-0.15, -0.1) is 0 Å². The Hall–Kier alpha value is -1.85. The number of piperidine rings is 1. The lowest BCUT2D eigenvalue weighted by molar-refractivity contribution is -0.137. The van der Waals surface area contributed by atoms with E-state index in [0.717, 1.165) is 37.8 Å². The quantitative estimate of drug-likeness (QED) is 0.635. The van der Waals surface area contributed by atoms with Crippen LogP contribution in [0.5, 0.6) is 0 Å². The molecule has 0 spiro atoms. The van der Waals surface area contributed by atoms with Gasteiger partial charge in [0.25, 0.3) is 10.2 Å². The van der Waals surface area contributed by atoms with Gasteiger partial charge in [0.15, 0.2) is 0 Å². The molecule has 1 amide bonds. The fourth-order valence-electron chi connectivity index (χ4n) is 5.11. The van der Waals surface area contributed by atoms with Crippen molar-refractivity contribution in [3.05, 3.63) is 29.8 Å². The van der Waals surface area contributed by atoms with E-state index < -0.39 is 21.9 Å². The molecule has 3 aliphatic heterocycles. The maximum Gasteiger partial charge on any atom is 0.416 e. The maximum absolute atomic E-state index is 13.2. The second-order valence-electron chi connectivity index (χ2n) is 9.38. The summed E-state index contributed by atoms with van der Waals surface area (Å²) in [5.41, 5.74) is -0.189. The van der Waals surface area contributed by atoms with Crippen LogP contribution < -0.4 is 4.90 Å². The number of anilines is 1. The second-order valence-corrected chi connectivity index (χ2v) is 11.3. The van der Waals surface area contributed by atoms with Crippen LogP contribution in [0.25, 0.3) is 0 Å². The van der Waals surface area contributed by atoms with E-state index in [1.807, 2.05) is 4.90 Å². The molecular weight excluding hydrogens is 469 g/mol. The summed E-state index contributed by atoms with van der Waals surface area (Å²) in [6, 6.07) is 5.25. The van der Waals surface area contributed by atoms with Crippen molar-refractivity contribution in [3.63, 3.8) is 0 Å². The lowest BCUT2D eigenvalue weighted by Gasteiger charge is -2.40. The monoisotopic (exact) mass is 502 g/mol. The third kappa shape index (κ3) is 5.68. The summed E-state index contributed by atoms with van der Waals surface area (Å²) in [6.07, 6.45) is 0.719. The van der Waals surface area contributed by atoms with Crippen molar-refractivity contribution in [1.82, 2.24) is 13.5 Å². The normalized spacial score (nSPS) is 24.1. The predicted molar refractivity (Wildman–Crippen MR) is 123 cm³/mol. The van der Waals surface area contributed by atoms with Gasteiger partial charge < -0.3 is 9.80 Å². The molecule has 0 aliphatic carbocycles. The highest BCUT2D eigenvalue weighted by Crippen LogP contribution is 2.32. The van der Waals surface area contributed by atoms with Crippen molar-refractivity contribution < 1.29 is 26.4 Å². The molecule has 1 aromatic carbocycles. The number of piperazine rings is 1. The molecule has 0 radical (unpaired) electrons. The Morgan fingerprint density at radius 3 is 2.15 bits per heavy atom. The molecule has 1 aromatic rings. The Morgan fingerprint density at radius 2 is 1.50 bits per heavy atom. The number of hydrogen-bond donors (Lipinski definition) is 0. The molecule has 3 aliphatic rings. The van der Waals surface area contributed by atoms with E-state index in [1.165, 1.54) is 10.4 Å². The van der Waals surface area contributed by atoms with Gasteiger partial charge in [-0.1, -0.05) is 18.9 Å². The zero-order valence-corrected chi connectivity index (χ0v) is 20.2. The number of alkyl halides is 3. The van der Waals surface area contributed by atoms with E-state index in [9.17, 15) is 26.4 Å². The highest BCUT2D eigenvalue weighted by molar-refractivity contribution is 7.86. The first-order chi connectivity index (χ1) is 16.2. The van der Waals surface area contributed by atoms with Gasteiger partial charge in [-0.25, -0.2) is 0 Å². The molecule has 0 aromatic heterocycles. The number of carbonyl (C=O) groups is 1. The van der Waals surface area contributed by atoms with Crippen molar-refractivity contribution in [1.29, 1.82) is 0 Å². The second kappa shape index (κ2) is 10.4. The highest BCUT2D eigenvalue weighted by Gasteiger charge is 2.38. The molecule has 7 nitrogen and oxygen atoms in total. The minimum atomic E-state index is -4.39. The summed E-state index contributed by atoms with van der Waals surface area (Å²) < 4.78 is 68.5. The van der Waals surface area contributed by atoms with Crippen LogP contribution in [0.4, 0.5) is 18.9 Å². The van der Waals surface area contributed by atoms with Crippen LogP contribution in [-0.4, -0.2) is 80.2 Å². The molecule has 1 atom stereocenters. The average molecular weight is 503 g/mol. The topological polar surface area (TPSA) is 64.2 Å². The van der Waals surface area contributed by atoms with E-state index in [1.54, 1.807) is 15.3 Å². The van der Waals surface area contributed by atoms with E-state index in [0.29, 0.717) is 64.3 Å². The number of carbonyl (C=O) groups excluding carboxylic acids is 1. The Kier molecular flexibility index (Phi) is 7.73. The van der Waals surface area contributed by atoms with Crippen LogP contribution >= 0.6 is 0 Å². The fraction of sp³-hybridized carbons (Fsp3) is 0.696. The van der Waals surface area contributed by atoms with E-state index in [4.69, 9.17) is 0 Å². The molecule has 4 rings (SSSR count).